The molecule has 0 spiro atoms. The lowest BCUT2D eigenvalue weighted by Crippen LogP contribution is -2.40. The second-order valence-electron chi connectivity index (χ2n) is 5.56. The molecule has 24 heavy (non-hydrogen) atoms. The largest absolute Gasteiger partial charge is 0.476 e. The third-order valence-corrected chi connectivity index (χ3v) is 4.34. The predicted octanol–water partition coefficient (Wildman–Crippen LogP) is 3.47. The van der Waals surface area contributed by atoms with Gasteiger partial charge in [-0.05, 0) is 37.2 Å². The molecule has 2 aromatic rings. The van der Waals surface area contributed by atoms with E-state index in [0.717, 1.165) is 29.5 Å². The zero-order valence-electron chi connectivity index (χ0n) is 13.1. The fourth-order valence-electron chi connectivity index (χ4n) is 2.60. The maximum absolute atomic E-state index is 12.7. The van der Waals surface area contributed by atoms with E-state index >= 15 is 0 Å². The second-order valence-corrected chi connectivity index (χ2v) is 6.48. The van der Waals surface area contributed by atoms with Crippen LogP contribution < -0.4 is 15.4 Å². The number of rotatable bonds is 5. The summed E-state index contributed by atoms with van der Waals surface area (Å²) >= 11 is 3.40. The first kappa shape index (κ1) is 18.8. The number of hydrogen-bond acceptors (Lipinski definition) is 3. The van der Waals surface area contributed by atoms with Gasteiger partial charge in [-0.1, -0.05) is 46.3 Å². The molecule has 2 aromatic carbocycles. The van der Waals surface area contributed by atoms with Crippen molar-refractivity contribution < 1.29 is 9.53 Å². The summed E-state index contributed by atoms with van der Waals surface area (Å²) in [6.07, 6.45) is 0.295. The summed E-state index contributed by atoms with van der Waals surface area (Å²) in [5.41, 5.74) is 0.846. The summed E-state index contributed by atoms with van der Waals surface area (Å²) in [7, 11) is 0. The summed E-state index contributed by atoms with van der Waals surface area (Å²) in [5, 5.41) is 6.32. The van der Waals surface area contributed by atoms with Crippen LogP contribution in [0.15, 0.2) is 59.1 Å². The van der Waals surface area contributed by atoms with Crippen LogP contribution >= 0.6 is 28.3 Å². The van der Waals surface area contributed by atoms with E-state index in [0.29, 0.717) is 5.75 Å². The van der Waals surface area contributed by atoms with Gasteiger partial charge in [0.1, 0.15) is 5.75 Å². The van der Waals surface area contributed by atoms with E-state index in [1.165, 1.54) is 0 Å². The molecule has 1 fully saturated rings. The highest BCUT2D eigenvalue weighted by Crippen LogP contribution is 2.24. The quantitative estimate of drug-likeness (QED) is 0.792. The minimum absolute atomic E-state index is 0. The van der Waals surface area contributed by atoms with E-state index in [2.05, 4.69) is 26.6 Å². The zero-order valence-corrected chi connectivity index (χ0v) is 15.5. The summed E-state index contributed by atoms with van der Waals surface area (Å²) in [6.45, 7) is 1.75. The molecule has 1 amide bonds. The molecule has 1 saturated heterocycles. The number of carbonyl (C=O) groups excluding carboxylic acids is 1. The van der Waals surface area contributed by atoms with Crippen molar-refractivity contribution in [2.75, 3.05) is 13.1 Å². The average Bonchev–Trinajstić information content (AvgIpc) is 3.08. The van der Waals surface area contributed by atoms with Crippen molar-refractivity contribution in [3.8, 4) is 5.75 Å². The molecule has 1 aliphatic heterocycles. The van der Waals surface area contributed by atoms with Crippen molar-refractivity contribution in [2.24, 2.45) is 0 Å². The second kappa shape index (κ2) is 9.06. The fraction of sp³-hybridized carbons (Fsp3) is 0.278. The highest BCUT2D eigenvalue weighted by atomic mass is 79.9. The topological polar surface area (TPSA) is 50.4 Å². The molecule has 0 aliphatic carbocycles. The van der Waals surface area contributed by atoms with E-state index in [1.807, 2.05) is 54.6 Å². The Kier molecular flexibility index (Phi) is 7.09. The number of nitrogens with one attached hydrogen (secondary N) is 2. The first-order valence-electron chi connectivity index (χ1n) is 7.70. The third kappa shape index (κ3) is 4.97. The van der Waals surface area contributed by atoms with Gasteiger partial charge >= 0.3 is 0 Å². The SMILES string of the molecule is Cl.O=C(NC1CCNC1)C(Oc1ccc(Br)cc1)c1ccccc1. The molecule has 4 nitrogen and oxygen atoms in total. The predicted molar refractivity (Wildman–Crippen MR) is 101 cm³/mol. The molecular weight excluding hydrogens is 392 g/mol. The van der Waals surface area contributed by atoms with Gasteiger partial charge in [-0.3, -0.25) is 4.79 Å². The van der Waals surface area contributed by atoms with E-state index in [-0.39, 0.29) is 24.4 Å². The monoisotopic (exact) mass is 410 g/mol. The standard InChI is InChI=1S/C18H19BrN2O2.ClH/c19-14-6-8-16(9-7-14)23-17(13-4-2-1-3-5-13)18(22)21-15-10-11-20-12-15;/h1-9,15,17,20H,10-12H2,(H,21,22);1H. The van der Waals surface area contributed by atoms with Crippen LogP contribution in [0.5, 0.6) is 5.75 Å². The van der Waals surface area contributed by atoms with Crippen LogP contribution in [0.25, 0.3) is 0 Å². The normalized spacial score (nSPS) is 17.6. The van der Waals surface area contributed by atoms with E-state index in [9.17, 15) is 4.79 Å². The van der Waals surface area contributed by atoms with E-state index in [4.69, 9.17) is 4.74 Å². The van der Waals surface area contributed by atoms with Crippen molar-refractivity contribution in [1.29, 1.82) is 0 Å². The molecule has 0 saturated carbocycles. The smallest absolute Gasteiger partial charge is 0.266 e. The van der Waals surface area contributed by atoms with Gasteiger partial charge < -0.3 is 15.4 Å². The molecule has 2 N–H and O–H groups in total. The first-order valence-corrected chi connectivity index (χ1v) is 8.50. The summed E-state index contributed by atoms with van der Waals surface area (Å²) < 4.78 is 6.95. The summed E-state index contributed by atoms with van der Waals surface area (Å²) in [6, 6.07) is 17.3. The van der Waals surface area contributed by atoms with Crippen molar-refractivity contribution >= 4 is 34.2 Å². The van der Waals surface area contributed by atoms with Gasteiger partial charge in [-0.15, -0.1) is 12.4 Å². The molecule has 128 valence electrons. The minimum atomic E-state index is -0.655. The van der Waals surface area contributed by atoms with Crippen LogP contribution in [0.3, 0.4) is 0 Å². The zero-order chi connectivity index (χ0) is 16.1. The van der Waals surface area contributed by atoms with Gasteiger partial charge in [0.25, 0.3) is 5.91 Å². The number of amides is 1. The Morgan fingerprint density at radius 3 is 2.50 bits per heavy atom. The van der Waals surface area contributed by atoms with Crippen molar-refractivity contribution in [3.63, 3.8) is 0 Å². The Morgan fingerprint density at radius 1 is 1.17 bits per heavy atom. The number of halogens is 2. The average molecular weight is 412 g/mol. The maximum atomic E-state index is 12.7. The summed E-state index contributed by atoms with van der Waals surface area (Å²) in [5.74, 6) is 0.564. The molecule has 6 heteroatoms. The number of hydrogen-bond donors (Lipinski definition) is 2. The molecule has 2 atom stereocenters. The number of benzene rings is 2. The van der Waals surface area contributed by atoms with Gasteiger partial charge in [-0.25, -0.2) is 0 Å². The fourth-order valence-corrected chi connectivity index (χ4v) is 2.87. The van der Waals surface area contributed by atoms with Crippen LogP contribution in [-0.4, -0.2) is 25.0 Å². The molecule has 1 aliphatic rings. The van der Waals surface area contributed by atoms with Crippen LogP contribution in [0, 0.1) is 0 Å². The van der Waals surface area contributed by atoms with Crippen LogP contribution in [0.1, 0.15) is 18.1 Å². The molecule has 3 rings (SSSR count). The molecular formula is C18H20BrClN2O2. The highest BCUT2D eigenvalue weighted by Gasteiger charge is 2.26. The number of ether oxygens (including phenoxy) is 1. The van der Waals surface area contributed by atoms with Crippen molar-refractivity contribution in [2.45, 2.75) is 18.6 Å². The Balaban J connectivity index is 0.00000208. The van der Waals surface area contributed by atoms with Gasteiger partial charge in [0.15, 0.2) is 0 Å². The van der Waals surface area contributed by atoms with Crippen molar-refractivity contribution in [3.05, 3.63) is 64.6 Å². The van der Waals surface area contributed by atoms with E-state index in [1.54, 1.807) is 0 Å². The van der Waals surface area contributed by atoms with Gasteiger partial charge in [0.05, 0.1) is 0 Å². The molecule has 1 heterocycles. The van der Waals surface area contributed by atoms with Crippen LogP contribution in [0.2, 0.25) is 0 Å². The van der Waals surface area contributed by atoms with E-state index < -0.39 is 6.10 Å². The Labute approximate surface area is 156 Å². The van der Waals surface area contributed by atoms with Gasteiger partial charge in [0.2, 0.25) is 6.10 Å². The lowest BCUT2D eigenvalue weighted by molar-refractivity contribution is -0.128. The molecule has 2 unspecified atom stereocenters. The Morgan fingerprint density at radius 2 is 1.88 bits per heavy atom. The Bertz CT molecular complexity index is 646. The van der Waals surface area contributed by atoms with Gasteiger partial charge in [-0.2, -0.15) is 0 Å². The molecule has 0 aromatic heterocycles. The van der Waals surface area contributed by atoms with Gasteiger partial charge in [0, 0.05) is 22.6 Å². The van der Waals surface area contributed by atoms with Crippen molar-refractivity contribution in [1.82, 2.24) is 10.6 Å². The molecule has 0 bridgehead atoms. The highest BCUT2D eigenvalue weighted by molar-refractivity contribution is 9.10. The first-order chi connectivity index (χ1) is 11.2. The Hall–Kier alpha value is -1.56. The van der Waals surface area contributed by atoms with Crippen LogP contribution in [0.4, 0.5) is 0 Å². The lowest BCUT2D eigenvalue weighted by atomic mass is 10.1. The van der Waals surface area contributed by atoms with Crippen LogP contribution in [-0.2, 0) is 4.79 Å². The number of carbonyl (C=O) groups is 1. The summed E-state index contributed by atoms with van der Waals surface area (Å²) in [4.78, 5) is 12.7. The third-order valence-electron chi connectivity index (χ3n) is 3.81. The lowest BCUT2D eigenvalue weighted by Gasteiger charge is -2.21. The maximum Gasteiger partial charge on any atom is 0.266 e. The minimum Gasteiger partial charge on any atom is -0.476 e. The molecule has 0 radical (unpaired) electrons.